The number of aromatic nitrogens is 4. The van der Waals surface area contributed by atoms with E-state index in [9.17, 15) is 0 Å². The molecule has 2 aromatic heterocycles. The van der Waals surface area contributed by atoms with Crippen LogP contribution in [-0.2, 0) is 20.1 Å². The molecular formula is C16H26IN7O. The van der Waals surface area contributed by atoms with Gasteiger partial charge in [0.1, 0.15) is 12.4 Å². The first-order chi connectivity index (χ1) is 11.5. The first kappa shape index (κ1) is 21.1. The van der Waals surface area contributed by atoms with Crippen molar-refractivity contribution >= 4 is 29.9 Å². The summed E-state index contributed by atoms with van der Waals surface area (Å²) in [6, 6.07) is 1.95. The Morgan fingerprint density at radius 3 is 2.72 bits per heavy atom. The summed E-state index contributed by atoms with van der Waals surface area (Å²) >= 11 is 0. The van der Waals surface area contributed by atoms with E-state index >= 15 is 0 Å². The van der Waals surface area contributed by atoms with Crippen molar-refractivity contribution in [3.63, 3.8) is 0 Å². The maximum Gasteiger partial charge on any atom is 0.192 e. The summed E-state index contributed by atoms with van der Waals surface area (Å²) in [5.74, 6) is 3.42. The first-order valence-electron chi connectivity index (χ1n) is 7.94. The quantitative estimate of drug-likeness (QED) is 0.286. The molecule has 2 N–H and O–H groups in total. The van der Waals surface area contributed by atoms with Crippen molar-refractivity contribution in [2.24, 2.45) is 12.0 Å². The number of hydrogen-bond donors (Lipinski definition) is 2. The number of halogens is 1. The van der Waals surface area contributed by atoms with E-state index in [-0.39, 0.29) is 24.0 Å². The number of aliphatic imine (C=N–C) groups is 1. The maximum absolute atomic E-state index is 5.32. The van der Waals surface area contributed by atoms with E-state index < -0.39 is 0 Å². The molecular weight excluding hydrogens is 433 g/mol. The maximum atomic E-state index is 5.32. The predicted octanol–water partition coefficient (Wildman–Crippen LogP) is 2.27. The Morgan fingerprint density at radius 1 is 1.40 bits per heavy atom. The molecule has 0 bridgehead atoms. The zero-order valence-corrected chi connectivity index (χ0v) is 17.4. The van der Waals surface area contributed by atoms with Gasteiger partial charge in [-0.05, 0) is 12.8 Å². The van der Waals surface area contributed by atoms with Gasteiger partial charge in [-0.2, -0.15) is 0 Å². The van der Waals surface area contributed by atoms with Crippen molar-refractivity contribution in [3.8, 4) is 0 Å². The Balaban J connectivity index is 0.00000312. The monoisotopic (exact) mass is 459 g/mol. The molecule has 2 aromatic rings. The highest BCUT2D eigenvalue weighted by Gasteiger charge is 2.09. The second-order valence-corrected chi connectivity index (χ2v) is 5.78. The smallest absolute Gasteiger partial charge is 0.192 e. The van der Waals surface area contributed by atoms with E-state index in [4.69, 9.17) is 4.52 Å². The van der Waals surface area contributed by atoms with Crippen LogP contribution in [0.5, 0.6) is 0 Å². The second kappa shape index (κ2) is 10.2. The summed E-state index contributed by atoms with van der Waals surface area (Å²) in [6.45, 7) is 11.3. The molecule has 0 atom stereocenters. The van der Waals surface area contributed by atoms with Gasteiger partial charge < -0.3 is 19.7 Å². The minimum absolute atomic E-state index is 0. The molecule has 8 nitrogen and oxygen atoms in total. The number of guanidine groups is 1. The van der Waals surface area contributed by atoms with Gasteiger partial charge in [0.2, 0.25) is 0 Å². The van der Waals surface area contributed by atoms with Gasteiger partial charge in [-0.1, -0.05) is 25.1 Å². The highest BCUT2D eigenvalue weighted by molar-refractivity contribution is 14.0. The lowest BCUT2D eigenvalue weighted by Gasteiger charge is -2.09. The van der Waals surface area contributed by atoms with Crippen molar-refractivity contribution in [2.75, 3.05) is 6.54 Å². The van der Waals surface area contributed by atoms with Crippen molar-refractivity contribution in [2.45, 2.75) is 39.8 Å². The van der Waals surface area contributed by atoms with Gasteiger partial charge in [-0.3, -0.25) is 0 Å². The zero-order chi connectivity index (χ0) is 17.5. The molecule has 0 aliphatic rings. The van der Waals surface area contributed by atoms with Crippen molar-refractivity contribution in [1.29, 1.82) is 0 Å². The largest absolute Gasteiger partial charge is 0.359 e. The normalized spacial score (nSPS) is 11.3. The molecule has 2 heterocycles. The molecule has 0 saturated heterocycles. The Bertz CT molecular complexity index is 705. The summed E-state index contributed by atoms with van der Waals surface area (Å²) in [7, 11) is 1.92. The Labute approximate surface area is 165 Å². The van der Waals surface area contributed by atoms with Gasteiger partial charge >= 0.3 is 0 Å². The van der Waals surface area contributed by atoms with Gasteiger partial charge in [0.15, 0.2) is 17.5 Å². The lowest BCUT2D eigenvalue weighted by molar-refractivity contribution is 0.372. The van der Waals surface area contributed by atoms with Crippen LogP contribution in [0.2, 0.25) is 0 Å². The SMILES string of the molecule is C=CCNC(=NCc1nnc(C)n1C)NCc1cc(C(C)C)no1.I. The van der Waals surface area contributed by atoms with E-state index in [0.29, 0.717) is 31.5 Å². The van der Waals surface area contributed by atoms with Crippen LogP contribution in [0.4, 0.5) is 0 Å². The van der Waals surface area contributed by atoms with Crippen LogP contribution in [0.15, 0.2) is 28.2 Å². The van der Waals surface area contributed by atoms with Crippen LogP contribution in [0, 0.1) is 6.92 Å². The summed E-state index contributed by atoms with van der Waals surface area (Å²) in [4.78, 5) is 4.52. The highest BCUT2D eigenvalue weighted by atomic mass is 127. The van der Waals surface area contributed by atoms with Crippen LogP contribution in [0.25, 0.3) is 0 Å². The van der Waals surface area contributed by atoms with E-state index in [2.05, 4.69) is 51.4 Å². The number of aryl methyl sites for hydroxylation is 1. The molecule has 2 rings (SSSR count). The number of nitrogens with one attached hydrogen (secondary N) is 2. The molecule has 25 heavy (non-hydrogen) atoms. The van der Waals surface area contributed by atoms with Crippen LogP contribution in [-0.4, -0.2) is 32.4 Å². The predicted molar refractivity (Wildman–Crippen MR) is 108 cm³/mol. The Kier molecular flexibility index (Phi) is 8.59. The summed E-state index contributed by atoms with van der Waals surface area (Å²) < 4.78 is 7.24. The van der Waals surface area contributed by atoms with Crippen molar-refractivity contribution < 1.29 is 4.52 Å². The van der Waals surface area contributed by atoms with Crippen LogP contribution < -0.4 is 10.6 Å². The zero-order valence-electron chi connectivity index (χ0n) is 15.1. The molecule has 138 valence electrons. The number of nitrogens with zero attached hydrogens (tertiary/aromatic N) is 5. The second-order valence-electron chi connectivity index (χ2n) is 5.78. The summed E-state index contributed by atoms with van der Waals surface area (Å²) in [5.41, 5.74) is 0.943. The third-order valence-corrected chi connectivity index (χ3v) is 3.57. The van der Waals surface area contributed by atoms with Gasteiger partial charge in [-0.15, -0.1) is 40.8 Å². The lowest BCUT2D eigenvalue weighted by atomic mass is 10.1. The van der Waals surface area contributed by atoms with Gasteiger partial charge in [0.05, 0.1) is 12.2 Å². The average Bonchev–Trinajstić information content (AvgIpc) is 3.16. The van der Waals surface area contributed by atoms with E-state index in [0.717, 1.165) is 23.1 Å². The molecule has 0 spiro atoms. The fourth-order valence-corrected chi connectivity index (χ4v) is 1.94. The van der Waals surface area contributed by atoms with Gasteiger partial charge in [0, 0.05) is 19.7 Å². The summed E-state index contributed by atoms with van der Waals surface area (Å²) in [5, 5.41) is 18.6. The molecule has 0 radical (unpaired) electrons. The minimum atomic E-state index is 0. The molecule has 0 aromatic carbocycles. The third-order valence-electron chi connectivity index (χ3n) is 3.57. The molecule has 0 unspecified atom stereocenters. The van der Waals surface area contributed by atoms with Crippen molar-refractivity contribution in [3.05, 3.63) is 41.8 Å². The molecule has 0 amide bonds. The average molecular weight is 459 g/mol. The standard InChI is InChI=1S/C16H25N7O.HI/c1-6-7-17-16(19-10-15-21-20-12(4)23(15)5)18-9-13-8-14(11(2)3)22-24-13;/h6,8,11H,1,7,9-10H2,2-5H3,(H2,17,18,19);1H. The van der Waals surface area contributed by atoms with Gasteiger partial charge in [0.25, 0.3) is 0 Å². The van der Waals surface area contributed by atoms with Crippen LogP contribution in [0.3, 0.4) is 0 Å². The molecule has 0 saturated carbocycles. The minimum Gasteiger partial charge on any atom is -0.359 e. The van der Waals surface area contributed by atoms with Crippen LogP contribution >= 0.6 is 24.0 Å². The van der Waals surface area contributed by atoms with E-state index in [1.165, 1.54) is 0 Å². The van der Waals surface area contributed by atoms with E-state index in [1.807, 2.05) is 24.6 Å². The number of hydrogen-bond acceptors (Lipinski definition) is 5. The molecule has 0 aliphatic heterocycles. The fraction of sp³-hybridized carbons (Fsp3) is 0.500. The van der Waals surface area contributed by atoms with Crippen molar-refractivity contribution in [1.82, 2.24) is 30.6 Å². The highest BCUT2D eigenvalue weighted by Crippen LogP contribution is 2.13. The topological polar surface area (TPSA) is 93.2 Å². The van der Waals surface area contributed by atoms with Crippen LogP contribution in [0.1, 0.15) is 42.9 Å². The Hall–Kier alpha value is -1.91. The lowest BCUT2D eigenvalue weighted by Crippen LogP contribution is -2.37. The van der Waals surface area contributed by atoms with Gasteiger partial charge in [-0.25, -0.2) is 4.99 Å². The van der Waals surface area contributed by atoms with E-state index in [1.54, 1.807) is 6.08 Å². The first-order valence-corrected chi connectivity index (χ1v) is 7.94. The third kappa shape index (κ3) is 6.15. The fourth-order valence-electron chi connectivity index (χ4n) is 1.94. The molecule has 0 fully saturated rings. The summed E-state index contributed by atoms with van der Waals surface area (Å²) in [6.07, 6.45) is 1.77. The number of rotatable bonds is 7. The molecule has 9 heteroatoms. The Morgan fingerprint density at radius 2 is 2.16 bits per heavy atom. The molecule has 0 aliphatic carbocycles.